The zero-order chi connectivity index (χ0) is 19.8. The number of hydrogen-bond donors (Lipinski definition) is 0. The molecule has 2 aromatic rings. The first kappa shape index (κ1) is 20.6. The molecule has 0 radical (unpaired) electrons. The van der Waals surface area contributed by atoms with Crippen molar-refractivity contribution in [1.29, 1.82) is 0 Å². The molecule has 2 aromatic carbocycles. The van der Waals surface area contributed by atoms with E-state index >= 15 is 0 Å². The molecular weight excluding hydrogens is 376 g/mol. The average molecular weight is 403 g/mol. The van der Waals surface area contributed by atoms with Crippen LogP contribution in [-0.2, 0) is 11.3 Å². The largest absolute Gasteiger partial charge is 0.490 e. The molecule has 0 spiro atoms. The van der Waals surface area contributed by atoms with Crippen molar-refractivity contribution in [2.24, 2.45) is 0 Å². The molecule has 1 heterocycles. The Morgan fingerprint density at radius 3 is 2.43 bits per heavy atom. The second-order valence-electron chi connectivity index (χ2n) is 6.74. The van der Waals surface area contributed by atoms with E-state index in [-0.39, 0.29) is 5.91 Å². The van der Waals surface area contributed by atoms with Gasteiger partial charge < -0.3 is 14.4 Å². The lowest BCUT2D eigenvalue weighted by atomic mass is 10.1. The SMILES string of the molecule is CCOCCOc1ccccc1C(=O)N1CCN(Cc2ccc(Cl)cc2)CC1. The van der Waals surface area contributed by atoms with Crippen LogP contribution < -0.4 is 4.74 Å². The molecule has 0 aliphatic carbocycles. The number of ether oxygens (including phenoxy) is 2. The van der Waals surface area contributed by atoms with Crippen molar-refractivity contribution in [2.75, 3.05) is 46.0 Å². The van der Waals surface area contributed by atoms with Gasteiger partial charge in [0.15, 0.2) is 0 Å². The summed E-state index contributed by atoms with van der Waals surface area (Å²) in [5.41, 5.74) is 1.85. The summed E-state index contributed by atoms with van der Waals surface area (Å²) in [7, 11) is 0. The van der Waals surface area contributed by atoms with Gasteiger partial charge in [-0.2, -0.15) is 0 Å². The first-order valence-corrected chi connectivity index (χ1v) is 10.1. The number of benzene rings is 2. The third-order valence-electron chi connectivity index (χ3n) is 4.79. The fourth-order valence-corrected chi connectivity index (χ4v) is 3.38. The molecule has 0 unspecified atom stereocenters. The number of hydrogen-bond acceptors (Lipinski definition) is 4. The lowest BCUT2D eigenvalue weighted by molar-refractivity contribution is 0.0620. The Hall–Kier alpha value is -2.08. The Morgan fingerprint density at radius 2 is 1.71 bits per heavy atom. The molecular formula is C22H27ClN2O3. The zero-order valence-corrected chi connectivity index (χ0v) is 17.0. The third kappa shape index (κ3) is 5.71. The van der Waals surface area contributed by atoms with Crippen molar-refractivity contribution in [1.82, 2.24) is 9.80 Å². The Morgan fingerprint density at radius 1 is 1.00 bits per heavy atom. The quantitative estimate of drug-likeness (QED) is 0.631. The highest BCUT2D eigenvalue weighted by molar-refractivity contribution is 6.30. The van der Waals surface area contributed by atoms with Gasteiger partial charge in [-0.25, -0.2) is 0 Å². The molecule has 5 nitrogen and oxygen atoms in total. The van der Waals surface area contributed by atoms with Crippen molar-refractivity contribution in [2.45, 2.75) is 13.5 Å². The van der Waals surface area contributed by atoms with E-state index in [9.17, 15) is 4.79 Å². The topological polar surface area (TPSA) is 42.0 Å². The number of halogens is 1. The van der Waals surface area contributed by atoms with Crippen LogP contribution in [0, 0.1) is 0 Å². The lowest BCUT2D eigenvalue weighted by Crippen LogP contribution is -2.48. The Balaban J connectivity index is 1.54. The summed E-state index contributed by atoms with van der Waals surface area (Å²) in [5.74, 6) is 0.647. The van der Waals surface area contributed by atoms with Crippen LogP contribution in [0.15, 0.2) is 48.5 Å². The molecule has 28 heavy (non-hydrogen) atoms. The molecule has 0 saturated carbocycles. The smallest absolute Gasteiger partial charge is 0.257 e. The van der Waals surface area contributed by atoms with Crippen molar-refractivity contribution >= 4 is 17.5 Å². The number of para-hydroxylation sites is 1. The van der Waals surface area contributed by atoms with Crippen molar-refractivity contribution in [3.8, 4) is 5.75 Å². The minimum absolute atomic E-state index is 0.0261. The normalized spacial score (nSPS) is 14.9. The molecule has 1 saturated heterocycles. The van der Waals surface area contributed by atoms with Gasteiger partial charge in [0.2, 0.25) is 0 Å². The molecule has 1 aliphatic rings. The molecule has 1 aliphatic heterocycles. The summed E-state index contributed by atoms with van der Waals surface area (Å²) in [5, 5.41) is 0.751. The summed E-state index contributed by atoms with van der Waals surface area (Å²) in [6, 6.07) is 15.4. The monoisotopic (exact) mass is 402 g/mol. The third-order valence-corrected chi connectivity index (χ3v) is 5.04. The average Bonchev–Trinajstić information content (AvgIpc) is 2.73. The zero-order valence-electron chi connectivity index (χ0n) is 16.3. The van der Waals surface area contributed by atoms with Crippen LogP contribution in [0.2, 0.25) is 5.02 Å². The van der Waals surface area contributed by atoms with Gasteiger partial charge in [-0.05, 0) is 36.8 Å². The number of amides is 1. The maximum absolute atomic E-state index is 13.0. The van der Waals surface area contributed by atoms with E-state index in [1.54, 1.807) is 0 Å². The summed E-state index contributed by atoms with van der Waals surface area (Å²) >= 11 is 5.95. The fourth-order valence-electron chi connectivity index (χ4n) is 3.25. The maximum Gasteiger partial charge on any atom is 0.257 e. The molecule has 150 valence electrons. The fraction of sp³-hybridized carbons (Fsp3) is 0.409. The van der Waals surface area contributed by atoms with E-state index in [1.165, 1.54) is 5.56 Å². The van der Waals surface area contributed by atoms with E-state index in [2.05, 4.69) is 17.0 Å². The molecule has 6 heteroatoms. The molecule has 3 rings (SSSR count). The highest BCUT2D eigenvalue weighted by Gasteiger charge is 2.24. The predicted molar refractivity (Wildman–Crippen MR) is 111 cm³/mol. The van der Waals surface area contributed by atoms with Crippen molar-refractivity contribution in [3.05, 3.63) is 64.7 Å². The van der Waals surface area contributed by atoms with Crippen LogP contribution in [0.4, 0.5) is 0 Å². The number of carbonyl (C=O) groups excluding carboxylic acids is 1. The molecule has 1 fully saturated rings. The first-order valence-electron chi connectivity index (χ1n) is 9.73. The van der Waals surface area contributed by atoms with Crippen molar-refractivity contribution < 1.29 is 14.3 Å². The Bertz CT molecular complexity index is 759. The number of piperazine rings is 1. The van der Waals surface area contributed by atoms with Gasteiger partial charge in [0.1, 0.15) is 12.4 Å². The standard InChI is InChI=1S/C22H27ClN2O3/c1-2-27-15-16-28-21-6-4-3-5-20(21)22(26)25-13-11-24(12-14-25)17-18-7-9-19(23)10-8-18/h3-10H,2,11-17H2,1H3. The highest BCUT2D eigenvalue weighted by atomic mass is 35.5. The summed E-state index contributed by atoms with van der Waals surface area (Å²) in [6.45, 7) is 7.54. The molecule has 0 bridgehead atoms. The van der Waals surface area contributed by atoms with Crippen LogP contribution in [-0.4, -0.2) is 61.7 Å². The predicted octanol–water partition coefficient (Wildman–Crippen LogP) is 3.71. The van der Waals surface area contributed by atoms with Crippen LogP contribution in [0.25, 0.3) is 0 Å². The number of rotatable bonds is 8. The van der Waals surface area contributed by atoms with Gasteiger partial charge >= 0.3 is 0 Å². The lowest BCUT2D eigenvalue weighted by Gasteiger charge is -2.35. The Labute approximate surface area is 171 Å². The van der Waals surface area contributed by atoms with Gasteiger partial charge in [-0.3, -0.25) is 9.69 Å². The molecule has 0 aromatic heterocycles. The Kier molecular flexibility index (Phi) is 7.71. The first-order chi connectivity index (χ1) is 13.7. The van der Waals surface area contributed by atoms with Crippen LogP contribution >= 0.6 is 11.6 Å². The minimum atomic E-state index is 0.0261. The van der Waals surface area contributed by atoms with E-state index < -0.39 is 0 Å². The van der Waals surface area contributed by atoms with Crippen molar-refractivity contribution in [3.63, 3.8) is 0 Å². The molecule has 0 N–H and O–H groups in total. The minimum Gasteiger partial charge on any atom is -0.490 e. The van der Waals surface area contributed by atoms with Crippen LogP contribution in [0.3, 0.4) is 0 Å². The highest BCUT2D eigenvalue weighted by Crippen LogP contribution is 2.21. The van der Waals surface area contributed by atoms with Gasteiger partial charge in [-0.1, -0.05) is 35.9 Å². The van der Waals surface area contributed by atoms with Gasteiger partial charge in [0, 0.05) is 44.4 Å². The second kappa shape index (κ2) is 10.5. The number of nitrogens with zero attached hydrogens (tertiary/aromatic N) is 2. The molecule has 0 atom stereocenters. The maximum atomic E-state index is 13.0. The summed E-state index contributed by atoms with van der Waals surface area (Å²) in [6.07, 6.45) is 0. The van der Waals surface area contributed by atoms with E-state index in [4.69, 9.17) is 21.1 Å². The van der Waals surface area contributed by atoms with E-state index in [1.807, 2.05) is 48.2 Å². The summed E-state index contributed by atoms with van der Waals surface area (Å²) < 4.78 is 11.1. The van der Waals surface area contributed by atoms with Gasteiger partial charge in [0.05, 0.1) is 12.2 Å². The van der Waals surface area contributed by atoms with E-state index in [0.717, 1.165) is 24.7 Å². The van der Waals surface area contributed by atoms with Crippen LogP contribution in [0.5, 0.6) is 5.75 Å². The molecule has 1 amide bonds. The van der Waals surface area contributed by atoms with Crippen LogP contribution in [0.1, 0.15) is 22.8 Å². The number of carbonyl (C=O) groups is 1. The van der Waals surface area contributed by atoms with E-state index in [0.29, 0.717) is 44.2 Å². The second-order valence-corrected chi connectivity index (χ2v) is 7.17. The van der Waals surface area contributed by atoms with Gasteiger partial charge in [-0.15, -0.1) is 0 Å². The van der Waals surface area contributed by atoms with Gasteiger partial charge in [0.25, 0.3) is 5.91 Å². The summed E-state index contributed by atoms with van der Waals surface area (Å²) in [4.78, 5) is 17.3.